The van der Waals surface area contributed by atoms with Crippen molar-refractivity contribution in [3.63, 3.8) is 0 Å². The van der Waals surface area contributed by atoms with Crippen LogP contribution in [-0.2, 0) is 4.79 Å². The molecule has 3 heteroatoms. The van der Waals surface area contributed by atoms with E-state index < -0.39 is 0 Å². The molecule has 3 rings (SSSR count). The summed E-state index contributed by atoms with van der Waals surface area (Å²) in [6.45, 7) is 3.86. The molecule has 0 aliphatic rings. The van der Waals surface area contributed by atoms with Crippen molar-refractivity contribution in [2.75, 3.05) is 11.4 Å². The number of nitrogens with zero attached hydrogens (tertiary/aromatic N) is 1. The molecule has 3 nitrogen and oxygen atoms in total. The third-order valence-electron chi connectivity index (χ3n) is 3.79. The first-order chi connectivity index (χ1) is 12.3. The maximum absolute atomic E-state index is 12.5. The lowest BCUT2D eigenvalue weighted by Crippen LogP contribution is -2.28. The van der Waals surface area contributed by atoms with E-state index in [9.17, 15) is 4.79 Å². The number of hydrogen-bond acceptors (Lipinski definition) is 3. The van der Waals surface area contributed by atoms with Gasteiger partial charge in [0.1, 0.15) is 12.3 Å². The minimum atomic E-state index is -0.331. The number of hydrogen-bond donors (Lipinski definition) is 0. The van der Waals surface area contributed by atoms with Gasteiger partial charge in [-0.25, -0.2) is 4.79 Å². The molecule has 0 amide bonds. The van der Waals surface area contributed by atoms with Crippen molar-refractivity contribution in [1.82, 2.24) is 0 Å². The fraction of sp³-hybridized carbons (Fsp3) is 0.0455. The van der Waals surface area contributed by atoms with Crippen LogP contribution in [0.5, 0.6) is 5.75 Å². The molecule has 0 spiro atoms. The second kappa shape index (κ2) is 7.97. The van der Waals surface area contributed by atoms with E-state index in [2.05, 4.69) is 6.58 Å². The standard InChI is InChI=1S/C22H19NO2/c1-2-18-11-9-10-16-21(18)25-22(24)17-23(19-12-5-3-6-13-19)20-14-7-4-8-15-20/h2-16H,1,17H2. The largest absolute Gasteiger partial charge is 0.425 e. The number of esters is 1. The lowest BCUT2D eigenvalue weighted by molar-refractivity contribution is -0.132. The Kier molecular flexibility index (Phi) is 5.27. The van der Waals surface area contributed by atoms with E-state index in [-0.39, 0.29) is 12.5 Å². The summed E-state index contributed by atoms with van der Waals surface area (Å²) in [4.78, 5) is 14.5. The predicted molar refractivity (Wildman–Crippen MR) is 102 cm³/mol. The van der Waals surface area contributed by atoms with Gasteiger partial charge in [-0.2, -0.15) is 0 Å². The summed E-state index contributed by atoms with van der Waals surface area (Å²) in [5.74, 6) is 0.186. The summed E-state index contributed by atoms with van der Waals surface area (Å²) < 4.78 is 5.56. The number of benzene rings is 3. The van der Waals surface area contributed by atoms with Crippen molar-refractivity contribution in [3.05, 3.63) is 97.1 Å². The van der Waals surface area contributed by atoms with E-state index in [0.29, 0.717) is 5.75 Å². The fourth-order valence-electron chi connectivity index (χ4n) is 2.57. The van der Waals surface area contributed by atoms with Crippen LogP contribution in [0, 0.1) is 0 Å². The molecule has 0 fully saturated rings. The van der Waals surface area contributed by atoms with E-state index >= 15 is 0 Å². The minimum Gasteiger partial charge on any atom is -0.425 e. The molecule has 0 aliphatic carbocycles. The molecule has 0 N–H and O–H groups in total. The van der Waals surface area contributed by atoms with Crippen LogP contribution < -0.4 is 9.64 Å². The summed E-state index contributed by atoms with van der Waals surface area (Å²) in [6.07, 6.45) is 1.68. The monoisotopic (exact) mass is 329 g/mol. The highest BCUT2D eigenvalue weighted by Gasteiger charge is 2.16. The molecule has 0 heterocycles. The maximum atomic E-state index is 12.5. The van der Waals surface area contributed by atoms with E-state index in [1.807, 2.05) is 83.8 Å². The number of anilines is 2. The van der Waals surface area contributed by atoms with E-state index in [4.69, 9.17) is 4.74 Å². The molecule has 0 aromatic heterocycles. The van der Waals surface area contributed by atoms with Crippen LogP contribution in [-0.4, -0.2) is 12.5 Å². The molecule has 124 valence electrons. The zero-order chi connectivity index (χ0) is 17.5. The molecule has 0 radical (unpaired) electrons. The fourth-order valence-corrected chi connectivity index (χ4v) is 2.57. The Morgan fingerprint density at radius 3 is 1.92 bits per heavy atom. The summed E-state index contributed by atoms with van der Waals surface area (Å²) in [5, 5.41) is 0. The Bertz CT molecular complexity index is 805. The van der Waals surface area contributed by atoms with Crippen LogP contribution >= 0.6 is 0 Å². The average Bonchev–Trinajstić information content (AvgIpc) is 2.68. The molecule has 0 unspecified atom stereocenters. The molecular weight excluding hydrogens is 310 g/mol. The number of ether oxygens (including phenoxy) is 1. The minimum absolute atomic E-state index is 0.111. The van der Waals surface area contributed by atoms with E-state index in [1.165, 1.54) is 0 Å². The van der Waals surface area contributed by atoms with Gasteiger partial charge in [0.25, 0.3) is 0 Å². The maximum Gasteiger partial charge on any atom is 0.331 e. The van der Waals surface area contributed by atoms with Crippen molar-refractivity contribution in [3.8, 4) is 5.75 Å². The lowest BCUT2D eigenvalue weighted by Gasteiger charge is -2.24. The Labute approximate surface area is 147 Å². The number of carbonyl (C=O) groups excluding carboxylic acids is 1. The molecule has 0 saturated carbocycles. The van der Waals surface area contributed by atoms with Crippen molar-refractivity contribution < 1.29 is 9.53 Å². The number of para-hydroxylation sites is 3. The van der Waals surface area contributed by atoms with Crippen LogP contribution in [0.2, 0.25) is 0 Å². The summed E-state index contributed by atoms with van der Waals surface area (Å²) in [6, 6.07) is 26.9. The van der Waals surface area contributed by atoms with Crippen LogP contribution in [0.15, 0.2) is 91.5 Å². The van der Waals surface area contributed by atoms with Crippen molar-refractivity contribution in [2.24, 2.45) is 0 Å². The summed E-state index contributed by atoms with van der Waals surface area (Å²) in [7, 11) is 0. The molecule has 0 atom stereocenters. The molecule has 25 heavy (non-hydrogen) atoms. The highest BCUT2D eigenvalue weighted by molar-refractivity contribution is 5.82. The van der Waals surface area contributed by atoms with Gasteiger partial charge in [-0.05, 0) is 30.3 Å². The quantitative estimate of drug-likeness (QED) is 0.467. The Morgan fingerprint density at radius 2 is 1.36 bits per heavy atom. The first-order valence-corrected chi connectivity index (χ1v) is 8.08. The van der Waals surface area contributed by atoms with Gasteiger partial charge in [0.2, 0.25) is 0 Å². The van der Waals surface area contributed by atoms with Gasteiger partial charge in [0.15, 0.2) is 0 Å². The smallest absolute Gasteiger partial charge is 0.331 e. The first-order valence-electron chi connectivity index (χ1n) is 8.08. The summed E-state index contributed by atoms with van der Waals surface area (Å²) >= 11 is 0. The Balaban J connectivity index is 1.83. The zero-order valence-corrected chi connectivity index (χ0v) is 13.8. The molecule has 0 bridgehead atoms. The molecule has 0 aliphatic heterocycles. The first kappa shape index (κ1) is 16.5. The highest BCUT2D eigenvalue weighted by Crippen LogP contribution is 2.25. The van der Waals surface area contributed by atoms with E-state index in [0.717, 1.165) is 16.9 Å². The zero-order valence-electron chi connectivity index (χ0n) is 13.8. The van der Waals surface area contributed by atoms with E-state index in [1.54, 1.807) is 12.1 Å². The van der Waals surface area contributed by atoms with Crippen LogP contribution in [0.4, 0.5) is 11.4 Å². The molecule has 0 saturated heterocycles. The lowest BCUT2D eigenvalue weighted by atomic mass is 10.2. The van der Waals surface area contributed by atoms with Crippen LogP contribution in [0.25, 0.3) is 6.08 Å². The topological polar surface area (TPSA) is 29.5 Å². The van der Waals surface area contributed by atoms with Gasteiger partial charge in [-0.3, -0.25) is 0 Å². The molecule has 3 aromatic rings. The molecule has 3 aromatic carbocycles. The third-order valence-corrected chi connectivity index (χ3v) is 3.79. The van der Waals surface area contributed by atoms with Crippen molar-refractivity contribution in [1.29, 1.82) is 0 Å². The van der Waals surface area contributed by atoms with Gasteiger partial charge in [0.05, 0.1) is 0 Å². The second-order valence-electron chi connectivity index (χ2n) is 5.47. The van der Waals surface area contributed by atoms with Crippen LogP contribution in [0.3, 0.4) is 0 Å². The van der Waals surface area contributed by atoms with Crippen molar-refractivity contribution in [2.45, 2.75) is 0 Å². The second-order valence-corrected chi connectivity index (χ2v) is 5.47. The SMILES string of the molecule is C=Cc1ccccc1OC(=O)CN(c1ccccc1)c1ccccc1. The van der Waals surface area contributed by atoms with Gasteiger partial charge >= 0.3 is 5.97 Å². The third kappa shape index (κ3) is 4.15. The Morgan fingerprint density at radius 1 is 0.840 bits per heavy atom. The normalized spacial score (nSPS) is 10.1. The van der Waals surface area contributed by atoms with Crippen molar-refractivity contribution >= 4 is 23.4 Å². The number of rotatable bonds is 6. The Hall–Kier alpha value is -3.33. The average molecular weight is 329 g/mol. The van der Waals surface area contributed by atoms with Gasteiger partial charge < -0.3 is 9.64 Å². The van der Waals surface area contributed by atoms with Gasteiger partial charge in [-0.1, -0.05) is 67.3 Å². The molecular formula is C22H19NO2. The van der Waals surface area contributed by atoms with Crippen LogP contribution in [0.1, 0.15) is 5.56 Å². The summed E-state index contributed by atoms with van der Waals surface area (Å²) in [5.41, 5.74) is 2.66. The predicted octanol–water partition coefficient (Wildman–Crippen LogP) is 5.07. The highest BCUT2D eigenvalue weighted by atomic mass is 16.5. The van der Waals surface area contributed by atoms with Gasteiger partial charge in [-0.15, -0.1) is 0 Å². The van der Waals surface area contributed by atoms with Gasteiger partial charge in [0, 0.05) is 16.9 Å². The number of carbonyl (C=O) groups is 1.